The van der Waals surface area contributed by atoms with Crippen molar-refractivity contribution in [2.75, 3.05) is 0 Å². The van der Waals surface area contributed by atoms with Crippen molar-refractivity contribution in [3.05, 3.63) is 23.3 Å². The Kier molecular flexibility index (Phi) is 2.83. The molecule has 5 atom stereocenters. The third-order valence-electron chi connectivity index (χ3n) is 7.18. The lowest BCUT2D eigenvalue weighted by Gasteiger charge is -2.57. The van der Waals surface area contributed by atoms with Crippen LogP contribution in [0, 0.1) is 22.7 Å². The van der Waals surface area contributed by atoms with Crippen LogP contribution in [0.4, 0.5) is 0 Å². The Labute approximate surface area is 127 Å². The van der Waals surface area contributed by atoms with Crippen molar-refractivity contribution in [3.63, 3.8) is 0 Å². The molecule has 114 valence electrons. The van der Waals surface area contributed by atoms with Crippen LogP contribution < -0.4 is 0 Å². The molecular weight excluding hydrogens is 260 g/mol. The monoisotopic (exact) mass is 286 g/mol. The first-order valence-electron chi connectivity index (χ1n) is 8.57. The SMILES string of the molecule is C[C@]12CCCC=C1CC[C@H]1C3=CC(=O)C[C@@]3(C)[C@H](O)C[C@@H]12. The summed E-state index contributed by atoms with van der Waals surface area (Å²) in [5, 5.41) is 10.8. The predicted molar refractivity (Wildman–Crippen MR) is 82.7 cm³/mol. The average Bonchev–Trinajstić information content (AvgIpc) is 2.76. The molecule has 0 amide bonds. The molecule has 2 heteroatoms. The van der Waals surface area contributed by atoms with Crippen LogP contribution in [-0.2, 0) is 4.79 Å². The van der Waals surface area contributed by atoms with E-state index in [1.54, 1.807) is 5.57 Å². The Balaban J connectivity index is 1.78. The second-order valence-corrected chi connectivity index (χ2v) is 8.20. The number of carbonyl (C=O) groups is 1. The van der Waals surface area contributed by atoms with Gasteiger partial charge >= 0.3 is 0 Å². The Morgan fingerprint density at radius 2 is 2.10 bits per heavy atom. The van der Waals surface area contributed by atoms with E-state index < -0.39 is 0 Å². The highest BCUT2D eigenvalue weighted by atomic mass is 16.3. The minimum absolute atomic E-state index is 0.224. The number of fused-ring (bicyclic) bond motifs is 5. The van der Waals surface area contributed by atoms with Crippen LogP contribution in [0.5, 0.6) is 0 Å². The zero-order valence-corrected chi connectivity index (χ0v) is 13.2. The van der Waals surface area contributed by atoms with E-state index in [4.69, 9.17) is 0 Å². The zero-order valence-electron chi connectivity index (χ0n) is 13.2. The van der Waals surface area contributed by atoms with Gasteiger partial charge in [0.25, 0.3) is 0 Å². The van der Waals surface area contributed by atoms with Crippen molar-refractivity contribution in [1.82, 2.24) is 0 Å². The largest absolute Gasteiger partial charge is 0.392 e. The van der Waals surface area contributed by atoms with Crippen LogP contribution >= 0.6 is 0 Å². The van der Waals surface area contributed by atoms with E-state index in [9.17, 15) is 9.90 Å². The van der Waals surface area contributed by atoms with Gasteiger partial charge in [0.05, 0.1) is 6.10 Å². The van der Waals surface area contributed by atoms with Gasteiger partial charge < -0.3 is 5.11 Å². The predicted octanol–water partition coefficient (Wildman–Crippen LogP) is 3.80. The Morgan fingerprint density at radius 3 is 2.90 bits per heavy atom. The number of aliphatic hydroxyl groups excluding tert-OH is 1. The Morgan fingerprint density at radius 1 is 1.29 bits per heavy atom. The van der Waals surface area contributed by atoms with Crippen LogP contribution in [-0.4, -0.2) is 17.0 Å². The van der Waals surface area contributed by atoms with E-state index in [-0.39, 0.29) is 22.7 Å². The van der Waals surface area contributed by atoms with Crippen LogP contribution in [0.1, 0.15) is 58.8 Å². The van der Waals surface area contributed by atoms with Gasteiger partial charge in [-0.25, -0.2) is 0 Å². The number of carbonyl (C=O) groups excluding carboxylic acids is 1. The van der Waals surface area contributed by atoms with Crippen molar-refractivity contribution in [1.29, 1.82) is 0 Å². The summed E-state index contributed by atoms with van der Waals surface area (Å²) in [6.07, 6.45) is 11.5. The van der Waals surface area contributed by atoms with Gasteiger partial charge in [0, 0.05) is 11.8 Å². The van der Waals surface area contributed by atoms with Crippen molar-refractivity contribution in [3.8, 4) is 0 Å². The summed E-state index contributed by atoms with van der Waals surface area (Å²) in [6.45, 7) is 4.53. The Hall–Kier alpha value is -0.890. The summed E-state index contributed by atoms with van der Waals surface area (Å²) in [7, 11) is 0. The molecule has 4 rings (SSSR count). The van der Waals surface area contributed by atoms with Gasteiger partial charge in [0.15, 0.2) is 5.78 Å². The maximum Gasteiger partial charge on any atom is 0.156 e. The zero-order chi connectivity index (χ0) is 14.8. The van der Waals surface area contributed by atoms with Gasteiger partial charge in [-0.15, -0.1) is 0 Å². The fraction of sp³-hybridized carbons (Fsp3) is 0.737. The highest BCUT2D eigenvalue weighted by Gasteiger charge is 2.57. The van der Waals surface area contributed by atoms with Crippen molar-refractivity contribution in [2.24, 2.45) is 22.7 Å². The average molecular weight is 286 g/mol. The molecule has 0 unspecified atom stereocenters. The van der Waals surface area contributed by atoms with Crippen LogP contribution in [0.3, 0.4) is 0 Å². The molecule has 0 spiro atoms. The van der Waals surface area contributed by atoms with E-state index >= 15 is 0 Å². The first-order valence-corrected chi connectivity index (χ1v) is 8.57. The molecule has 4 aliphatic rings. The van der Waals surface area contributed by atoms with Crippen molar-refractivity contribution >= 4 is 5.78 Å². The lowest BCUT2D eigenvalue weighted by atomic mass is 9.48. The van der Waals surface area contributed by atoms with Gasteiger partial charge in [-0.2, -0.15) is 0 Å². The fourth-order valence-electron chi connectivity index (χ4n) is 5.90. The maximum absolute atomic E-state index is 12.0. The fourth-order valence-corrected chi connectivity index (χ4v) is 5.90. The lowest BCUT2D eigenvalue weighted by Crippen LogP contribution is -2.51. The molecule has 0 saturated heterocycles. The minimum atomic E-state index is -0.352. The van der Waals surface area contributed by atoms with Crippen LogP contribution in [0.15, 0.2) is 23.3 Å². The summed E-state index contributed by atoms with van der Waals surface area (Å²) in [5.74, 6) is 1.27. The molecule has 0 aromatic rings. The summed E-state index contributed by atoms with van der Waals surface area (Å²) in [4.78, 5) is 12.0. The van der Waals surface area contributed by atoms with Gasteiger partial charge in [0.1, 0.15) is 0 Å². The first-order chi connectivity index (χ1) is 9.95. The summed E-state index contributed by atoms with van der Waals surface area (Å²) in [5.41, 5.74) is 2.90. The minimum Gasteiger partial charge on any atom is -0.392 e. The second kappa shape index (κ2) is 4.32. The topological polar surface area (TPSA) is 37.3 Å². The van der Waals surface area contributed by atoms with Gasteiger partial charge in [0.2, 0.25) is 0 Å². The summed E-state index contributed by atoms with van der Waals surface area (Å²) >= 11 is 0. The molecule has 0 bridgehead atoms. The van der Waals surface area contributed by atoms with Crippen LogP contribution in [0.2, 0.25) is 0 Å². The number of hydrogen-bond donors (Lipinski definition) is 1. The third-order valence-corrected chi connectivity index (χ3v) is 7.18. The second-order valence-electron chi connectivity index (χ2n) is 8.20. The van der Waals surface area contributed by atoms with E-state index in [1.165, 1.54) is 37.7 Å². The number of aliphatic hydroxyl groups is 1. The molecule has 0 aromatic carbocycles. The molecule has 4 aliphatic carbocycles. The Bertz CT molecular complexity index is 558. The van der Waals surface area contributed by atoms with E-state index in [0.717, 1.165) is 6.42 Å². The third kappa shape index (κ3) is 1.72. The molecule has 2 fully saturated rings. The van der Waals surface area contributed by atoms with Crippen molar-refractivity contribution in [2.45, 2.75) is 64.9 Å². The lowest BCUT2D eigenvalue weighted by molar-refractivity contribution is -0.117. The van der Waals surface area contributed by atoms with E-state index in [0.29, 0.717) is 18.3 Å². The highest BCUT2D eigenvalue weighted by Crippen LogP contribution is 2.63. The number of hydrogen-bond acceptors (Lipinski definition) is 2. The molecule has 2 saturated carbocycles. The normalized spacial score (nSPS) is 48.9. The molecule has 0 aromatic heterocycles. The highest BCUT2D eigenvalue weighted by molar-refractivity contribution is 5.94. The molecular formula is C19H26O2. The van der Waals surface area contributed by atoms with Gasteiger partial charge in [-0.05, 0) is 61.9 Å². The number of ketones is 1. The standard InChI is InChI=1S/C19H26O2/c1-18-8-4-3-5-12(18)6-7-14-15-9-13(20)11-19(15,2)17(21)10-16(14)18/h5,9,14,16-17,21H,3-4,6-8,10-11H2,1-2H3/t14-,16-,17+,18-,19+/m0/s1. The molecule has 21 heavy (non-hydrogen) atoms. The molecule has 0 radical (unpaired) electrons. The molecule has 0 heterocycles. The quantitative estimate of drug-likeness (QED) is 0.688. The summed E-state index contributed by atoms with van der Waals surface area (Å²) in [6, 6.07) is 0. The van der Waals surface area contributed by atoms with E-state index in [1.807, 2.05) is 6.08 Å². The van der Waals surface area contributed by atoms with Crippen molar-refractivity contribution < 1.29 is 9.90 Å². The summed E-state index contributed by atoms with van der Waals surface area (Å²) < 4.78 is 0. The number of allylic oxidation sites excluding steroid dienone is 3. The van der Waals surface area contributed by atoms with Gasteiger partial charge in [-0.1, -0.05) is 31.1 Å². The van der Waals surface area contributed by atoms with Gasteiger partial charge in [-0.3, -0.25) is 4.79 Å². The maximum atomic E-state index is 12.0. The smallest absolute Gasteiger partial charge is 0.156 e. The van der Waals surface area contributed by atoms with Crippen LogP contribution in [0.25, 0.3) is 0 Å². The van der Waals surface area contributed by atoms with E-state index in [2.05, 4.69) is 19.9 Å². The molecule has 2 nitrogen and oxygen atoms in total. The first kappa shape index (κ1) is 13.8. The molecule has 0 aliphatic heterocycles. The molecule has 1 N–H and O–H groups in total. The number of rotatable bonds is 0.